The predicted octanol–water partition coefficient (Wildman–Crippen LogP) is 5.76. The van der Waals surface area contributed by atoms with Crippen LogP contribution in [0.25, 0.3) is 22.2 Å². The van der Waals surface area contributed by atoms with Gasteiger partial charge in [0.2, 0.25) is 0 Å². The van der Waals surface area contributed by atoms with Crippen molar-refractivity contribution in [1.82, 2.24) is 4.98 Å². The summed E-state index contributed by atoms with van der Waals surface area (Å²) in [5.74, 6) is 1.10. The van der Waals surface area contributed by atoms with Crippen LogP contribution in [0.3, 0.4) is 0 Å². The molecule has 162 valence electrons. The zero-order valence-corrected chi connectivity index (χ0v) is 18.2. The van der Waals surface area contributed by atoms with Crippen molar-refractivity contribution < 1.29 is 19.0 Å². The van der Waals surface area contributed by atoms with E-state index < -0.39 is 0 Å². The number of esters is 1. The van der Waals surface area contributed by atoms with Crippen molar-refractivity contribution in [3.05, 3.63) is 53.1 Å². The number of nitrogens with one attached hydrogen (secondary N) is 1. The normalized spacial score (nSPS) is 18.8. The van der Waals surface area contributed by atoms with E-state index in [1.54, 1.807) is 0 Å². The van der Waals surface area contributed by atoms with Crippen molar-refractivity contribution in [2.24, 2.45) is 0 Å². The van der Waals surface area contributed by atoms with E-state index in [0.717, 1.165) is 34.7 Å². The lowest BCUT2D eigenvalue weighted by Crippen LogP contribution is -2.08. The minimum atomic E-state index is -0.318. The molecular weight excluding hydrogens is 390 g/mol. The number of aromatic nitrogens is 1. The van der Waals surface area contributed by atoms with Crippen LogP contribution in [-0.2, 0) is 9.47 Å². The quantitative estimate of drug-likeness (QED) is 0.408. The SMILES string of the molecule is COC(=O)c1ccc2c(C3CCCCC3)c(-c3cccc(C)c3OCC3CO3)[nH]c2c1. The molecule has 0 bridgehead atoms. The van der Waals surface area contributed by atoms with E-state index >= 15 is 0 Å². The fourth-order valence-electron chi connectivity index (χ4n) is 4.87. The highest BCUT2D eigenvalue weighted by Crippen LogP contribution is 2.45. The van der Waals surface area contributed by atoms with Gasteiger partial charge in [-0.2, -0.15) is 0 Å². The molecule has 5 rings (SSSR count). The van der Waals surface area contributed by atoms with Crippen LogP contribution in [0.5, 0.6) is 5.75 Å². The van der Waals surface area contributed by atoms with Crippen molar-refractivity contribution in [1.29, 1.82) is 0 Å². The summed E-state index contributed by atoms with van der Waals surface area (Å²) < 4.78 is 16.5. The van der Waals surface area contributed by atoms with Gasteiger partial charge in [-0.1, -0.05) is 37.5 Å². The molecule has 0 amide bonds. The van der Waals surface area contributed by atoms with Crippen LogP contribution in [0, 0.1) is 6.92 Å². The van der Waals surface area contributed by atoms with Crippen LogP contribution in [0.2, 0.25) is 0 Å². The second-order valence-electron chi connectivity index (χ2n) is 8.72. The van der Waals surface area contributed by atoms with Gasteiger partial charge >= 0.3 is 5.97 Å². The van der Waals surface area contributed by atoms with E-state index in [0.29, 0.717) is 18.1 Å². The van der Waals surface area contributed by atoms with Crippen LogP contribution >= 0.6 is 0 Å². The fourth-order valence-corrected chi connectivity index (χ4v) is 4.87. The summed E-state index contributed by atoms with van der Waals surface area (Å²) in [7, 11) is 1.42. The first-order valence-electron chi connectivity index (χ1n) is 11.2. The second kappa shape index (κ2) is 8.39. The Morgan fingerprint density at radius 2 is 1.97 bits per heavy atom. The molecule has 31 heavy (non-hydrogen) atoms. The van der Waals surface area contributed by atoms with E-state index in [9.17, 15) is 4.79 Å². The first kappa shape index (κ1) is 20.1. The highest BCUT2D eigenvalue weighted by Gasteiger charge is 2.27. The van der Waals surface area contributed by atoms with Crippen molar-refractivity contribution in [3.63, 3.8) is 0 Å². The molecule has 1 aliphatic heterocycles. The Morgan fingerprint density at radius 1 is 1.16 bits per heavy atom. The van der Waals surface area contributed by atoms with Crippen LogP contribution in [0.15, 0.2) is 36.4 Å². The maximum atomic E-state index is 12.1. The Hall–Kier alpha value is -2.79. The molecule has 1 saturated heterocycles. The summed E-state index contributed by atoms with van der Waals surface area (Å²) in [5, 5.41) is 1.19. The third kappa shape index (κ3) is 3.94. The molecule has 1 saturated carbocycles. The van der Waals surface area contributed by atoms with E-state index in [1.807, 2.05) is 12.1 Å². The molecule has 2 aliphatic rings. The van der Waals surface area contributed by atoms with E-state index in [2.05, 4.69) is 36.2 Å². The topological polar surface area (TPSA) is 63.9 Å². The van der Waals surface area contributed by atoms with Gasteiger partial charge in [-0.15, -0.1) is 0 Å². The number of hydrogen-bond acceptors (Lipinski definition) is 4. The van der Waals surface area contributed by atoms with Crippen LogP contribution in [0.4, 0.5) is 0 Å². The third-order valence-corrected chi connectivity index (χ3v) is 6.57. The lowest BCUT2D eigenvalue weighted by atomic mass is 9.81. The summed E-state index contributed by atoms with van der Waals surface area (Å²) in [6.07, 6.45) is 6.41. The summed E-state index contributed by atoms with van der Waals surface area (Å²) >= 11 is 0. The smallest absolute Gasteiger partial charge is 0.337 e. The molecule has 1 aliphatic carbocycles. The number of methoxy groups -OCH3 is 1. The highest BCUT2D eigenvalue weighted by atomic mass is 16.6. The number of carbonyl (C=O) groups is 1. The third-order valence-electron chi connectivity index (χ3n) is 6.57. The number of fused-ring (bicyclic) bond motifs is 1. The van der Waals surface area contributed by atoms with Gasteiger partial charge in [0.25, 0.3) is 0 Å². The van der Waals surface area contributed by atoms with E-state index in [4.69, 9.17) is 14.2 Å². The Balaban J connectivity index is 1.66. The molecule has 1 unspecified atom stereocenters. The van der Waals surface area contributed by atoms with Crippen molar-refractivity contribution in [2.75, 3.05) is 20.3 Å². The van der Waals surface area contributed by atoms with E-state index in [-0.39, 0.29) is 12.1 Å². The molecule has 0 radical (unpaired) electrons. The fraction of sp³-hybridized carbons (Fsp3) is 0.423. The summed E-state index contributed by atoms with van der Waals surface area (Å²) in [5.41, 5.74) is 6.18. The molecule has 0 spiro atoms. The molecular formula is C26H29NO4. The number of rotatable bonds is 6. The largest absolute Gasteiger partial charge is 0.490 e. The Morgan fingerprint density at radius 3 is 2.71 bits per heavy atom. The van der Waals surface area contributed by atoms with Gasteiger partial charge in [-0.05, 0) is 55.0 Å². The molecule has 1 aromatic heterocycles. The van der Waals surface area contributed by atoms with Crippen LogP contribution < -0.4 is 4.74 Å². The zero-order valence-electron chi connectivity index (χ0n) is 18.2. The highest BCUT2D eigenvalue weighted by molar-refractivity contribution is 5.98. The molecule has 5 nitrogen and oxygen atoms in total. The zero-order chi connectivity index (χ0) is 21.4. The summed E-state index contributed by atoms with van der Waals surface area (Å²) in [6.45, 7) is 3.44. The standard InChI is InChI=1S/C26H29NO4/c1-16-7-6-10-21(25(16)31-15-19-14-30-19)24-23(17-8-4-3-5-9-17)20-12-11-18(26(28)29-2)13-22(20)27-24/h6-7,10-13,17,19,27H,3-5,8-9,14-15H2,1-2H3. The molecule has 5 heteroatoms. The molecule has 2 heterocycles. The first-order valence-corrected chi connectivity index (χ1v) is 11.2. The lowest BCUT2D eigenvalue weighted by Gasteiger charge is -2.23. The number of para-hydroxylation sites is 1. The second-order valence-corrected chi connectivity index (χ2v) is 8.72. The minimum absolute atomic E-state index is 0.204. The molecule has 2 aromatic carbocycles. The molecule has 1 N–H and O–H groups in total. The first-order chi connectivity index (χ1) is 15.2. The van der Waals surface area contributed by atoms with Gasteiger partial charge in [0.15, 0.2) is 0 Å². The number of ether oxygens (including phenoxy) is 3. The Bertz CT molecular complexity index is 1110. The number of benzene rings is 2. The number of aryl methyl sites for hydroxylation is 1. The molecule has 1 atom stereocenters. The average molecular weight is 420 g/mol. The molecule has 2 fully saturated rings. The summed E-state index contributed by atoms with van der Waals surface area (Å²) in [4.78, 5) is 15.8. The number of epoxide rings is 1. The van der Waals surface area contributed by atoms with Crippen LogP contribution in [0.1, 0.15) is 59.5 Å². The van der Waals surface area contributed by atoms with Crippen molar-refractivity contribution >= 4 is 16.9 Å². The number of hydrogen-bond donors (Lipinski definition) is 1. The van der Waals surface area contributed by atoms with Crippen molar-refractivity contribution in [3.8, 4) is 17.0 Å². The maximum absolute atomic E-state index is 12.1. The number of aromatic amines is 1. The van der Waals surface area contributed by atoms with Gasteiger partial charge in [-0.3, -0.25) is 0 Å². The van der Waals surface area contributed by atoms with Gasteiger partial charge in [-0.25, -0.2) is 4.79 Å². The van der Waals surface area contributed by atoms with Gasteiger partial charge in [0, 0.05) is 16.5 Å². The van der Waals surface area contributed by atoms with Crippen molar-refractivity contribution in [2.45, 2.75) is 51.0 Å². The van der Waals surface area contributed by atoms with Gasteiger partial charge in [0.05, 0.1) is 25.0 Å². The average Bonchev–Trinajstić information content (AvgIpc) is 3.55. The predicted molar refractivity (Wildman–Crippen MR) is 121 cm³/mol. The maximum Gasteiger partial charge on any atom is 0.337 e. The van der Waals surface area contributed by atoms with Gasteiger partial charge < -0.3 is 19.2 Å². The van der Waals surface area contributed by atoms with Gasteiger partial charge in [0.1, 0.15) is 18.5 Å². The minimum Gasteiger partial charge on any atom is -0.490 e. The lowest BCUT2D eigenvalue weighted by molar-refractivity contribution is 0.0601. The van der Waals surface area contributed by atoms with E-state index in [1.165, 1.54) is 50.2 Å². The Labute approximate surface area is 182 Å². The Kier molecular flexibility index (Phi) is 5.45. The monoisotopic (exact) mass is 419 g/mol. The number of carbonyl (C=O) groups excluding carboxylic acids is 1. The molecule has 3 aromatic rings. The summed E-state index contributed by atoms with van der Waals surface area (Å²) in [6, 6.07) is 12.2. The van der Waals surface area contributed by atoms with Crippen LogP contribution in [-0.4, -0.2) is 37.4 Å². The number of H-pyrrole nitrogens is 1.